The number of aryl methyl sites for hydroxylation is 1. The highest BCUT2D eigenvalue weighted by molar-refractivity contribution is 7.85. The molecule has 0 amide bonds. The van der Waals surface area contributed by atoms with Gasteiger partial charge < -0.3 is 5.73 Å². The number of nitro groups is 1. The predicted octanol–water partition coefficient (Wildman–Crippen LogP) is 4.09. The normalized spacial score (nSPS) is 13.0. The van der Waals surface area contributed by atoms with Gasteiger partial charge in [-0.25, -0.2) is 4.21 Å². The van der Waals surface area contributed by atoms with Crippen molar-refractivity contribution in [3.63, 3.8) is 0 Å². The number of anilines is 1. The molecule has 0 aliphatic heterocycles. The van der Waals surface area contributed by atoms with Crippen molar-refractivity contribution in [2.45, 2.75) is 44.8 Å². The quantitative estimate of drug-likeness (QED) is 0.252. The van der Waals surface area contributed by atoms with E-state index in [2.05, 4.69) is 9.38 Å². The topological polar surface area (TPSA) is 111 Å². The summed E-state index contributed by atoms with van der Waals surface area (Å²) in [5.74, 6) is 0. The SMILES string of the molecule is CC(C)(C)S(=O)N=CCCCc1cc(-c2ccc([N+](=O)[O-])cc2N)ccn1. The average molecular weight is 388 g/mol. The number of aromatic nitrogens is 1. The Morgan fingerprint density at radius 1 is 1.30 bits per heavy atom. The van der Waals surface area contributed by atoms with Gasteiger partial charge in [0.25, 0.3) is 5.69 Å². The highest BCUT2D eigenvalue weighted by atomic mass is 32.2. The highest BCUT2D eigenvalue weighted by Gasteiger charge is 2.17. The second-order valence-corrected chi connectivity index (χ2v) is 9.04. The molecule has 0 aliphatic rings. The monoisotopic (exact) mass is 388 g/mol. The first-order valence-electron chi connectivity index (χ1n) is 8.62. The third-order valence-electron chi connectivity index (χ3n) is 3.83. The third kappa shape index (κ3) is 5.96. The van der Waals surface area contributed by atoms with Gasteiger partial charge in [-0.05, 0) is 63.8 Å². The zero-order chi connectivity index (χ0) is 20.0. The molecule has 1 unspecified atom stereocenters. The summed E-state index contributed by atoms with van der Waals surface area (Å²) in [6.07, 6.45) is 5.70. The van der Waals surface area contributed by atoms with E-state index in [0.29, 0.717) is 12.1 Å². The number of nitro benzene ring substituents is 1. The number of non-ortho nitro benzene ring substituents is 1. The molecule has 0 bridgehead atoms. The van der Waals surface area contributed by atoms with Crippen LogP contribution < -0.4 is 5.73 Å². The van der Waals surface area contributed by atoms with Gasteiger partial charge in [-0.3, -0.25) is 15.1 Å². The maximum Gasteiger partial charge on any atom is 0.271 e. The Morgan fingerprint density at radius 3 is 2.67 bits per heavy atom. The smallest absolute Gasteiger partial charge is 0.271 e. The van der Waals surface area contributed by atoms with Crippen LogP contribution >= 0.6 is 0 Å². The Kier molecular flexibility index (Phi) is 6.79. The first-order valence-corrected chi connectivity index (χ1v) is 9.73. The van der Waals surface area contributed by atoms with Crippen molar-refractivity contribution in [3.05, 3.63) is 52.3 Å². The van der Waals surface area contributed by atoms with Gasteiger partial charge in [-0.15, -0.1) is 0 Å². The van der Waals surface area contributed by atoms with Crippen LogP contribution in [-0.2, 0) is 17.4 Å². The number of unbranched alkanes of at least 4 members (excludes halogenated alkanes) is 1. The van der Waals surface area contributed by atoms with E-state index >= 15 is 0 Å². The average Bonchev–Trinajstić information content (AvgIpc) is 2.60. The lowest BCUT2D eigenvalue weighted by atomic mass is 10.0. The van der Waals surface area contributed by atoms with E-state index in [1.165, 1.54) is 12.1 Å². The maximum atomic E-state index is 11.8. The third-order valence-corrected chi connectivity index (χ3v) is 5.22. The fourth-order valence-electron chi connectivity index (χ4n) is 2.36. The fraction of sp³-hybridized carbons (Fsp3) is 0.368. The Morgan fingerprint density at radius 2 is 2.04 bits per heavy atom. The number of hydrogen-bond acceptors (Lipinski definition) is 5. The van der Waals surface area contributed by atoms with Crippen LogP contribution in [0, 0.1) is 10.1 Å². The van der Waals surface area contributed by atoms with E-state index in [4.69, 9.17) is 5.73 Å². The van der Waals surface area contributed by atoms with Crippen LogP contribution in [0.15, 0.2) is 40.9 Å². The summed E-state index contributed by atoms with van der Waals surface area (Å²) in [4.78, 5) is 14.7. The second kappa shape index (κ2) is 8.85. The fourth-order valence-corrected chi connectivity index (χ4v) is 2.92. The molecule has 2 N–H and O–H groups in total. The van der Waals surface area contributed by atoms with E-state index in [1.807, 2.05) is 32.9 Å². The van der Waals surface area contributed by atoms with Gasteiger partial charge in [0.15, 0.2) is 0 Å². The minimum atomic E-state index is -1.23. The maximum absolute atomic E-state index is 11.8. The zero-order valence-corrected chi connectivity index (χ0v) is 16.5. The van der Waals surface area contributed by atoms with E-state index in [1.54, 1.807) is 18.5 Å². The van der Waals surface area contributed by atoms with E-state index in [9.17, 15) is 14.3 Å². The molecular weight excluding hydrogens is 364 g/mol. The molecule has 1 heterocycles. The molecule has 1 aromatic heterocycles. The van der Waals surface area contributed by atoms with Gasteiger partial charge in [0.05, 0.1) is 9.67 Å². The molecule has 1 aromatic carbocycles. The van der Waals surface area contributed by atoms with Crippen LogP contribution in [0.3, 0.4) is 0 Å². The number of benzene rings is 1. The van der Waals surface area contributed by atoms with Gasteiger partial charge in [-0.1, -0.05) is 0 Å². The molecule has 0 spiro atoms. The molecule has 0 fully saturated rings. The largest absolute Gasteiger partial charge is 0.398 e. The molecule has 2 aromatic rings. The lowest BCUT2D eigenvalue weighted by Gasteiger charge is -2.12. The summed E-state index contributed by atoms with van der Waals surface area (Å²) in [6, 6.07) is 8.22. The van der Waals surface area contributed by atoms with Crippen molar-refractivity contribution in [3.8, 4) is 11.1 Å². The van der Waals surface area contributed by atoms with Gasteiger partial charge >= 0.3 is 0 Å². The molecule has 1 atom stereocenters. The highest BCUT2D eigenvalue weighted by Crippen LogP contribution is 2.29. The predicted molar refractivity (Wildman–Crippen MR) is 110 cm³/mol. The number of nitrogen functional groups attached to an aromatic ring is 1. The molecule has 7 nitrogen and oxygen atoms in total. The Bertz CT molecular complexity index is 875. The van der Waals surface area contributed by atoms with Crippen molar-refractivity contribution in [2.24, 2.45) is 4.40 Å². The summed E-state index contributed by atoms with van der Waals surface area (Å²) < 4.78 is 15.6. The first-order chi connectivity index (χ1) is 12.7. The number of hydrogen-bond donors (Lipinski definition) is 1. The summed E-state index contributed by atoms with van der Waals surface area (Å²) >= 11 is 0. The molecule has 8 heteroatoms. The van der Waals surface area contributed by atoms with Gasteiger partial charge in [0.2, 0.25) is 0 Å². The van der Waals surface area contributed by atoms with Crippen molar-refractivity contribution >= 4 is 28.6 Å². The molecule has 27 heavy (non-hydrogen) atoms. The van der Waals surface area contributed by atoms with Crippen molar-refractivity contribution in [1.29, 1.82) is 0 Å². The second-order valence-electron chi connectivity index (χ2n) is 7.11. The number of nitrogens with two attached hydrogens (primary N) is 1. The van der Waals surface area contributed by atoms with Gasteiger partial charge in [0, 0.05) is 41.5 Å². The van der Waals surface area contributed by atoms with Crippen molar-refractivity contribution in [2.75, 3.05) is 5.73 Å². The van der Waals surface area contributed by atoms with Crippen LogP contribution in [0.25, 0.3) is 11.1 Å². The van der Waals surface area contributed by atoms with Crippen molar-refractivity contribution < 1.29 is 9.13 Å². The Labute approximate surface area is 161 Å². The Hall–Kier alpha value is -2.61. The summed E-state index contributed by atoms with van der Waals surface area (Å²) in [6.45, 7) is 5.67. The minimum Gasteiger partial charge on any atom is -0.398 e. The molecule has 2 rings (SSSR count). The molecule has 0 saturated carbocycles. The lowest BCUT2D eigenvalue weighted by molar-refractivity contribution is -0.384. The molecule has 0 aliphatic carbocycles. The summed E-state index contributed by atoms with van der Waals surface area (Å²) in [7, 11) is -1.23. The van der Waals surface area contributed by atoms with Crippen LogP contribution in [-0.4, -0.2) is 25.1 Å². The van der Waals surface area contributed by atoms with E-state index < -0.39 is 15.9 Å². The standard InChI is InChI=1S/C19H24N4O3S/c1-19(2,3)27(26)22-10-5-4-6-15-12-14(9-11-21-15)17-8-7-16(23(24)25)13-18(17)20/h7-13H,4-6,20H2,1-3H3. The van der Waals surface area contributed by atoms with Gasteiger partial charge in [0.1, 0.15) is 11.0 Å². The van der Waals surface area contributed by atoms with Crippen LogP contribution in [0.1, 0.15) is 39.3 Å². The number of rotatable bonds is 7. The summed E-state index contributed by atoms with van der Waals surface area (Å²) in [5, 5.41) is 10.8. The zero-order valence-electron chi connectivity index (χ0n) is 15.7. The molecule has 144 valence electrons. The van der Waals surface area contributed by atoms with Crippen LogP contribution in [0.4, 0.5) is 11.4 Å². The lowest BCUT2D eigenvalue weighted by Crippen LogP contribution is -2.19. The Balaban J connectivity index is 2.01. The molecule has 0 radical (unpaired) electrons. The molecule has 0 saturated heterocycles. The minimum absolute atomic E-state index is 0.0301. The van der Waals surface area contributed by atoms with Crippen LogP contribution in [0.5, 0.6) is 0 Å². The van der Waals surface area contributed by atoms with Crippen LogP contribution in [0.2, 0.25) is 0 Å². The van der Waals surface area contributed by atoms with E-state index in [-0.39, 0.29) is 10.4 Å². The number of pyridine rings is 1. The number of nitrogens with zero attached hydrogens (tertiary/aromatic N) is 3. The molecular formula is C19H24N4O3S. The first kappa shape index (κ1) is 20.7. The van der Waals surface area contributed by atoms with E-state index in [0.717, 1.165) is 29.7 Å². The summed E-state index contributed by atoms with van der Waals surface area (Å²) in [5.41, 5.74) is 8.81. The van der Waals surface area contributed by atoms with Gasteiger partial charge in [-0.2, -0.15) is 4.40 Å². The van der Waals surface area contributed by atoms with Crippen molar-refractivity contribution in [1.82, 2.24) is 4.98 Å².